The number of hydrogen-bond donors (Lipinski definition) is 1. The zero-order valence-corrected chi connectivity index (χ0v) is 16.4. The zero-order valence-electron chi connectivity index (χ0n) is 16.4. The first-order valence-corrected chi connectivity index (χ1v) is 9.53. The van der Waals surface area contributed by atoms with Crippen LogP contribution < -0.4 is 24.3 Å². The van der Waals surface area contributed by atoms with Crippen LogP contribution in [-0.2, 0) is 7.05 Å². The first-order valence-electron chi connectivity index (χ1n) is 9.53. The lowest BCUT2D eigenvalue weighted by Gasteiger charge is -2.10. The van der Waals surface area contributed by atoms with Crippen molar-refractivity contribution in [3.05, 3.63) is 48.2 Å². The topological polar surface area (TPSA) is 83.8 Å². The van der Waals surface area contributed by atoms with Crippen LogP contribution in [0.3, 0.4) is 0 Å². The SMILES string of the molecule is Cn1cc(C(=O)Nc2ccc3c(c2)OC(F)(F)O3)c(-c2ccc3c(c2)OCCCO3)n1. The van der Waals surface area contributed by atoms with Gasteiger partial charge in [-0.15, -0.1) is 8.78 Å². The second kappa shape index (κ2) is 7.15. The molecule has 5 rings (SSSR count). The van der Waals surface area contributed by atoms with Crippen LogP contribution in [0, 0.1) is 0 Å². The van der Waals surface area contributed by atoms with Crippen LogP contribution in [0.2, 0.25) is 0 Å². The number of anilines is 1. The molecule has 3 aromatic rings. The number of hydrogen-bond acceptors (Lipinski definition) is 6. The highest BCUT2D eigenvalue weighted by atomic mass is 19.3. The summed E-state index contributed by atoms with van der Waals surface area (Å²) >= 11 is 0. The quantitative estimate of drug-likeness (QED) is 0.682. The molecule has 31 heavy (non-hydrogen) atoms. The van der Waals surface area contributed by atoms with Gasteiger partial charge in [0.25, 0.3) is 5.91 Å². The first kappa shape index (κ1) is 19.2. The van der Waals surface area contributed by atoms with Gasteiger partial charge in [0.15, 0.2) is 23.0 Å². The van der Waals surface area contributed by atoms with Gasteiger partial charge in [-0.3, -0.25) is 9.48 Å². The Kier molecular flexibility index (Phi) is 4.42. The third kappa shape index (κ3) is 3.72. The highest BCUT2D eigenvalue weighted by Gasteiger charge is 2.43. The maximum atomic E-state index is 13.2. The van der Waals surface area contributed by atoms with E-state index in [0.29, 0.717) is 41.5 Å². The summed E-state index contributed by atoms with van der Waals surface area (Å²) in [6.45, 7) is 1.11. The second-order valence-electron chi connectivity index (χ2n) is 7.06. The molecule has 160 valence electrons. The highest BCUT2D eigenvalue weighted by Crippen LogP contribution is 2.42. The normalized spacial score (nSPS) is 16.0. The maximum Gasteiger partial charge on any atom is 0.586 e. The number of fused-ring (bicyclic) bond motifs is 2. The first-order chi connectivity index (χ1) is 14.9. The number of amides is 1. The van der Waals surface area contributed by atoms with Crippen molar-refractivity contribution in [1.82, 2.24) is 9.78 Å². The molecular weight excluding hydrogens is 412 g/mol. The number of nitrogens with one attached hydrogen (secondary N) is 1. The van der Waals surface area contributed by atoms with Gasteiger partial charge < -0.3 is 24.3 Å². The maximum absolute atomic E-state index is 13.2. The molecule has 0 atom stereocenters. The van der Waals surface area contributed by atoms with Crippen molar-refractivity contribution in [2.75, 3.05) is 18.5 Å². The number of aryl methyl sites for hydroxylation is 1. The van der Waals surface area contributed by atoms with E-state index in [2.05, 4.69) is 19.9 Å². The van der Waals surface area contributed by atoms with Crippen molar-refractivity contribution in [2.24, 2.45) is 7.05 Å². The molecular formula is C21H17F2N3O5. The molecule has 0 aliphatic carbocycles. The predicted molar refractivity (Wildman–Crippen MR) is 105 cm³/mol. The predicted octanol–water partition coefficient (Wildman–Crippen LogP) is 3.82. The molecule has 1 amide bonds. The zero-order chi connectivity index (χ0) is 21.6. The van der Waals surface area contributed by atoms with Gasteiger partial charge in [0.1, 0.15) is 5.69 Å². The van der Waals surface area contributed by atoms with Gasteiger partial charge >= 0.3 is 6.29 Å². The van der Waals surface area contributed by atoms with Crippen LogP contribution in [0.5, 0.6) is 23.0 Å². The van der Waals surface area contributed by atoms with Crippen molar-refractivity contribution in [1.29, 1.82) is 0 Å². The summed E-state index contributed by atoms with van der Waals surface area (Å²) in [5.41, 5.74) is 1.71. The Morgan fingerprint density at radius 1 is 1.03 bits per heavy atom. The lowest BCUT2D eigenvalue weighted by Crippen LogP contribution is -2.25. The number of halogens is 2. The number of alkyl halides is 2. The smallest absolute Gasteiger partial charge is 0.490 e. The van der Waals surface area contributed by atoms with Crippen LogP contribution in [0.1, 0.15) is 16.8 Å². The minimum Gasteiger partial charge on any atom is -0.490 e. The molecule has 0 saturated carbocycles. The number of rotatable bonds is 3. The van der Waals surface area contributed by atoms with Crippen LogP contribution in [0.25, 0.3) is 11.3 Å². The fraction of sp³-hybridized carbons (Fsp3) is 0.238. The van der Waals surface area contributed by atoms with Crippen molar-refractivity contribution >= 4 is 11.6 Å². The van der Waals surface area contributed by atoms with E-state index in [1.165, 1.54) is 22.9 Å². The van der Waals surface area contributed by atoms with Gasteiger partial charge in [-0.1, -0.05) is 0 Å². The van der Waals surface area contributed by atoms with E-state index in [-0.39, 0.29) is 17.2 Å². The molecule has 3 heterocycles. The van der Waals surface area contributed by atoms with Crippen LogP contribution in [-0.4, -0.2) is 35.2 Å². The molecule has 1 aromatic heterocycles. The van der Waals surface area contributed by atoms with E-state index in [4.69, 9.17) is 9.47 Å². The molecule has 1 N–H and O–H groups in total. The highest BCUT2D eigenvalue weighted by molar-refractivity contribution is 6.08. The lowest BCUT2D eigenvalue weighted by atomic mass is 10.1. The van der Waals surface area contributed by atoms with E-state index in [1.54, 1.807) is 31.4 Å². The summed E-state index contributed by atoms with van der Waals surface area (Å²) in [7, 11) is 1.70. The summed E-state index contributed by atoms with van der Waals surface area (Å²) in [5, 5.41) is 7.09. The number of carbonyl (C=O) groups excluding carboxylic acids is 1. The van der Waals surface area contributed by atoms with Crippen molar-refractivity contribution in [3.63, 3.8) is 0 Å². The Labute approximate surface area is 175 Å². The number of benzene rings is 2. The molecule has 0 bridgehead atoms. The monoisotopic (exact) mass is 429 g/mol. The summed E-state index contributed by atoms with van der Waals surface area (Å²) < 4.78 is 48.1. The lowest BCUT2D eigenvalue weighted by molar-refractivity contribution is -0.286. The molecule has 0 radical (unpaired) electrons. The Hall–Kier alpha value is -3.82. The number of carbonyl (C=O) groups is 1. The standard InChI is InChI=1S/C21H17F2N3O5/c1-26-11-14(19(25-26)12-3-5-15-17(9-12)29-8-2-7-28-15)20(27)24-13-4-6-16-18(10-13)31-21(22,23)30-16/h3-6,9-11H,2,7-8H2,1H3,(H,24,27). The van der Waals surface area contributed by atoms with Crippen molar-refractivity contribution in [3.8, 4) is 34.3 Å². The van der Waals surface area contributed by atoms with Gasteiger partial charge in [0.05, 0.1) is 18.8 Å². The van der Waals surface area contributed by atoms with Crippen LogP contribution in [0.4, 0.5) is 14.5 Å². The Bertz CT molecular complexity index is 1180. The van der Waals surface area contributed by atoms with E-state index in [1.807, 2.05) is 0 Å². The molecule has 2 aromatic carbocycles. The second-order valence-corrected chi connectivity index (χ2v) is 7.06. The van der Waals surface area contributed by atoms with E-state index < -0.39 is 12.2 Å². The third-order valence-electron chi connectivity index (χ3n) is 4.75. The minimum atomic E-state index is -3.72. The summed E-state index contributed by atoms with van der Waals surface area (Å²) in [6.07, 6.45) is -1.36. The molecule has 0 spiro atoms. The van der Waals surface area contributed by atoms with E-state index >= 15 is 0 Å². The molecule has 8 nitrogen and oxygen atoms in total. The Balaban J connectivity index is 1.42. The fourth-order valence-corrected chi connectivity index (χ4v) is 3.40. The molecule has 2 aliphatic rings. The van der Waals surface area contributed by atoms with Crippen molar-refractivity contribution in [2.45, 2.75) is 12.7 Å². The summed E-state index contributed by atoms with van der Waals surface area (Å²) in [4.78, 5) is 13.0. The van der Waals surface area contributed by atoms with Crippen LogP contribution >= 0.6 is 0 Å². The average Bonchev–Trinajstić information content (AvgIpc) is 3.15. The molecule has 0 saturated heterocycles. The van der Waals surface area contributed by atoms with Gasteiger partial charge in [-0.25, -0.2) is 0 Å². The average molecular weight is 429 g/mol. The van der Waals surface area contributed by atoms with Gasteiger partial charge in [0.2, 0.25) is 0 Å². The molecule has 10 heteroatoms. The number of nitrogens with zero attached hydrogens (tertiary/aromatic N) is 2. The molecule has 0 fully saturated rings. The van der Waals surface area contributed by atoms with Gasteiger partial charge in [-0.2, -0.15) is 5.10 Å². The fourth-order valence-electron chi connectivity index (χ4n) is 3.40. The molecule has 2 aliphatic heterocycles. The van der Waals surface area contributed by atoms with Crippen molar-refractivity contribution < 1.29 is 32.5 Å². The third-order valence-corrected chi connectivity index (χ3v) is 4.75. The summed E-state index contributed by atoms with van der Waals surface area (Å²) in [6, 6.07) is 9.39. The van der Waals surface area contributed by atoms with Gasteiger partial charge in [0, 0.05) is 37.0 Å². The largest absolute Gasteiger partial charge is 0.586 e. The Morgan fingerprint density at radius 3 is 2.61 bits per heavy atom. The van der Waals surface area contributed by atoms with Gasteiger partial charge in [-0.05, 0) is 30.3 Å². The Morgan fingerprint density at radius 2 is 1.77 bits per heavy atom. The number of aromatic nitrogens is 2. The van der Waals surface area contributed by atoms with E-state index in [0.717, 1.165) is 6.42 Å². The van der Waals surface area contributed by atoms with E-state index in [9.17, 15) is 13.6 Å². The number of ether oxygens (including phenoxy) is 4. The van der Waals surface area contributed by atoms with Crippen LogP contribution in [0.15, 0.2) is 42.6 Å². The molecule has 0 unspecified atom stereocenters. The minimum absolute atomic E-state index is 0.0998. The summed E-state index contributed by atoms with van der Waals surface area (Å²) in [5.74, 6) is 0.513.